The number of carbonyl (C=O) groups excluding carboxylic acids is 1. The Labute approximate surface area is 302 Å². The van der Waals surface area contributed by atoms with Crippen molar-refractivity contribution in [1.29, 1.82) is 0 Å². The maximum absolute atomic E-state index is 13.4. The Bertz CT molecular complexity index is 1420. The van der Waals surface area contributed by atoms with Gasteiger partial charge in [-0.3, -0.25) is 9.78 Å². The second-order valence-electron chi connectivity index (χ2n) is 11.5. The number of aromatic nitrogens is 1. The molecule has 1 aliphatic rings. The molecule has 3 atom stereocenters. The van der Waals surface area contributed by atoms with Gasteiger partial charge in [0.25, 0.3) is 0 Å². The van der Waals surface area contributed by atoms with Gasteiger partial charge in [-0.1, -0.05) is 81.8 Å². The van der Waals surface area contributed by atoms with Gasteiger partial charge in [-0.15, -0.1) is 36.4 Å². The van der Waals surface area contributed by atoms with E-state index in [-0.39, 0.29) is 32.0 Å². The molecule has 1 aromatic heterocycles. The number of hydrogen-bond donors (Lipinski definition) is 0. The SMILES string of the molecule is C[C@@H]1CCC[C@H](C)N1[N-]C(C)(C(=O)c1ccccc1)c1ccccn1.[CH2-]c1ccccc1.[CH2-]c1ccccc1.[CH2-]c1ccccc1.[Zr+4]. The van der Waals surface area contributed by atoms with Gasteiger partial charge in [0, 0.05) is 17.5 Å². The molecule has 6 rings (SSSR count). The summed E-state index contributed by atoms with van der Waals surface area (Å²) >= 11 is 0. The van der Waals surface area contributed by atoms with Crippen LogP contribution in [0.1, 0.15) is 72.8 Å². The Morgan fingerprint density at radius 2 is 1.04 bits per heavy atom. The predicted octanol–water partition coefficient (Wildman–Crippen LogP) is 10.3. The van der Waals surface area contributed by atoms with E-state index in [4.69, 9.17) is 5.43 Å². The third kappa shape index (κ3) is 13.4. The molecule has 0 N–H and O–H groups in total. The second-order valence-corrected chi connectivity index (χ2v) is 11.5. The third-order valence-corrected chi connectivity index (χ3v) is 7.63. The smallest absolute Gasteiger partial charge is 0.577 e. The average Bonchev–Trinajstić information content (AvgIpc) is 3.09. The standard InChI is InChI=1S/C21H26N3O.3C7H7.Zr/c1-16-10-9-11-17(2)24(16)23-21(3,19-14-7-8-15-22-19)20(25)18-12-5-4-6-13-18;3*1-7-5-3-2-4-6-7;/h4-8,12-17H,9-11H2,1-3H3;3*2-6H,1H2;/q4*-1;+4/t16-,17+,21?;;;;. The van der Waals surface area contributed by atoms with Crippen LogP contribution >= 0.6 is 0 Å². The average molecular weight is 701 g/mol. The fraction of sp³-hybridized carbons (Fsp3) is 0.214. The molecule has 240 valence electrons. The molecule has 0 saturated carbocycles. The van der Waals surface area contributed by atoms with Crippen LogP contribution in [0.4, 0.5) is 0 Å². The molecule has 5 heteroatoms. The van der Waals surface area contributed by atoms with E-state index < -0.39 is 5.54 Å². The second kappa shape index (κ2) is 21.1. The first-order valence-corrected chi connectivity index (χ1v) is 15.8. The number of ketones is 1. The van der Waals surface area contributed by atoms with Crippen molar-refractivity contribution in [2.45, 2.75) is 57.7 Å². The monoisotopic (exact) mass is 699 g/mol. The first-order chi connectivity index (χ1) is 22.2. The van der Waals surface area contributed by atoms with E-state index in [0.29, 0.717) is 23.3 Å². The van der Waals surface area contributed by atoms with Gasteiger partial charge in [0.15, 0.2) is 5.78 Å². The van der Waals surface area contributed by atoms with Crippen LogP contribution in [-0.2, 0) is 31.7 Å². The van der Waals surface area contributed by atoms with Crippen molar-refractivity contribution in [2.75, 3.05) is 0 Å². The summed E-state index contributed by atoms with van der Waals surface area (Å²) in [5, 5.41) is 2.12. The molecule has 4 aromatic carbocycles. The maximum atomic E-state index is 13.4. The predicted molar refractivity (Wildman–Crippen MR) is 193 cm³/mol. The van der Waals surface area contributed by atoms with Gasteiger partial charge in [-0.25, -0.2) is 0 Å². The molecular weight excluding hydrogens is 654 g/mol. The van der Waals surface area contributed by atoms with E-state index in [9.17, 15) is 4.79 Å². The van der Waals surface area contributed by atoms with Gasteiger partial charge >= 0.3 is 26.2 Å². The Morgan fingerprint density at radius 3 is 1.38 bits per heavy atom. The number of hydrogen-bond acceptors (Lipinski definition) is 3. The molecule has 1 unspecified atom stereocenters. The van der Waals surface area contributed by atoms with E-state index in [1.54, 1.807) is 6.20 Å². The number of benzene rings is 4. The van der Waals surface area contributed by atoms with Crippen molar-refractivity contribution in [3.63, 3.8) is 0 Å². The van der Waals surface area contributed by atoms with Crippen molar-refractivity contribution in [2.24, 2.45) is 0 Å². The molecule has 0 radical (unpaired) electrons. The zero-order valence-electron chi connectivity index (χ0n) is 28.0. The minimum atomic E-state index is -1.03. The van der Waals surface area contributed by atoms with E-state index in [1.807, 2.05) is 146 Å². The van der Waals surface area contributed by atoms with Gasteiger partial charge in [-0.05, 0) is 42.6 Å². The van der Waals surface area contributed by atoms with Gasteiger partial charge < -0.3 is 10.4 Å². The number of pyridine rings is 1. The number of Topliss-reactive ketones (excluding diaryl/α,β-unsaturated/α-hetero) is 1. The van der Waals surface area contributed by atoms with E-state index >= 15 is 0 Å². The van der Waals surface area contributed by atoms with Crippen molar-refractivity contribution in [1.82, 2.24) is 9.99 Å². The molecule has 0 amide bonds. The molecule has 47 heavy (non-hydrogen) atoms. The summed E-state index contributed by atoms with van der Waals surface area (Å²) in [6, 6.07) is 45.3. The van der Waals surface area contributed by atoms with E-state index in [0.717, 1.165) is 29.5 Å². The van der Waals surface area contributed by atoms with Crippen LogP contribution in [0.15, 0.2) is 146 Å². The zero-order valence-corrected chi connectivity index (χ0v) is 30.5. The summed E-state index contributed by atoms with van der Waals surface area (Å²) in [5.74, 6) is -0.0169. The minimum Gasteiger partial charge on any atom is -0.577 e. The third-order valence-electron chi connectivity index (χ3n) is 7.63. The molecule has 5 aromatic rings. The topological polar surface area (TPSA) is 47.3 Å². The number of carbonyl (C=O) groups is 1. The Hall–Kier alpha value is -3.89. The van der Waals surface area contributed by atoms with Crippen LogP contribution in [0, 0.1) is 20.8 Å². The molecule has 0 aliphatic carbocycles. The fourth-order valence-electron chi connectivity index (χ4n) is 5.00. The molecule has 1 saturated heterocycles. The van der Waals surface area contributed by atoms with E-state index in [1.165, 1.54) is 6.42 Å². The Balaban J connectivity index is 0.000000280. The first-order valence-electron chi connectivity index (χ1n) is 15.8. The summed E-state index contributed by atoms with van der Waals surface area (Å²) in [6.07, 6.45) is 5.14. The Morgan fingerprint density at radius 1 is 0.660 bits per heavy atom. The van der Waals surface area contributed by atoms with Gasteiger partial charge in [0.05, 0.1) is 0 Å². The van der Waals surface area contributed by atoms with Gasteiger partial charge in [-0.2, -0.15) is 73.9 Å². The molecule has 4 nitrogen and oxygen atoms in total. The fourth-order valence-corrected chi connectivity index (χ4v) is 5.00. The van der Waals surface area contributed by atoms with Crippen LogP contribution in [0.3, 0.4) is 0 Å². The van der Waals surface area contributed by atoms with Crippen LogP contribution in [0.5, 0.6) is 0 Å². The summed E-state index contributed by atoms with van der Waals surface area (Å²) in [7, 11) is 0. The number of piperidine rings is 1. The largest absolute Gasteiger partial charge is 4.00 e. The molecule has 0 bridgehead atoms. The summed E-state index contributed by atoms with van der Waals surface area (Å²) in [5.41, 5.74) is 8.54. The zero-order chi connectivity index (χ0) is 33.2. The van der Waals surface area contributed by atoms with Crippen LogP contribution in [-0.4, -0.2) is 27.9 Å². The van der Waals surface area contributed by atoms with Crippen molar-refractivity contribution >= 4 is 5.78 Å². The first kappa shape index (κ1) is 39.3. The normalized spacial score (nSPS) is 16.5. The molecule has 1 fully saturated rings. The molecular formula is C42H47N3OZr. The summed E-state index contributed by atoms with van der Waals surface area (Å²) in [4.78, 5) is 17.9. The van der Waals surface area contributed by atoms with Crippen LogP contribution < -0.4 is 0 Å². The van der Waals surface area contributed by atoms with Gasteiger partial charge in [0.1, 0.15) is 0 Å². The molecule has 2 heterocycles. The van der Waals surface area contributed by atoms with Crippen LogP contribution in [0.25, 0.3) is 5.43 Å². The number of nitrogens with zero attached hydrogens (tertiary/aromatic N) is 3. The van der Waals surface area contributed by atoms with Crippen molar-refractivity contribution < 1.29 is 31.0 Å². The summed E-state index contributed by atoms with van der Waals surface area (Å²) in [6.45, 7) is 17.4. The quantitative estimate of drug-likeness (QED) is 0.135. The van der Waals surface area contributed by atoms with Crippen LogP contribution in [0.2, 0.25) is 0 Å². The molecule has 1 aliphatic heterocycles. The molecule has 0 spiro atoms. The summed E-state index contributed by atoms with van der Waals surface area (Å²) < 4.78 is 0. The van der Waals surface area contributed by atoms with E-state index in [2.05, 4.69) is 44.6 Å². The van der Waals surface area contributed by atoms with Crippen molar-refractivity contribution in [3.05, 3.63) is 200 Å². The Kier molecular flexibility index (Phi) is 17.6. The van der Waals surface area contributed by atoms with Gasteiger partial charge in [0.2, 0.25) is 0 Å². The maximum Gasteiger partial charge on any atom is 4.00 e. The van der Waals surface area contributed by atoms with Crippen molar-refractivity contribution in [3.8, 4) is 0 Å². The minimum absolute atomic E-state index is 0. The number of rotatable bonds is 5.